The average molecular weight is 277 g/mol. The van der Waals surface area contributed by atoms with Crippen LogP contribution in [-0.4, -0.2) is 37.8 Å². The topological polar surface area (TPSA) is 37.4 Å². The maximum absolute atomic E-state index is 5.22. The third-order valence-electron chi connectivity index (χ3n) is 3.47. The summed E-state index contributed by atoms with van der Waals surface area (Å²) in [5, 5.41) is 3.52. The number of pyridine rings is 1. The predicted molar refractivity (Wildman–Crippen MR) is 83.0 cm³/mol. The number of nitrogens with one attached hydrogen (secondary N) is 1. The number of aromatic nitrogens is 1. The van der Waals surface area contributed by atoms with Crippen molar-refractivity contribution < 1.29 is 4.74 Å². The molecule has 1 aromatic rings. The minimum atomic E-state index is 0.632. The highest BCUT2D eigenvalue weighted by molar-refractivity contribution is 5.46. The molecule has 1 aromatic heterocycles. The maximum Gasteiger partial charge on any atom is 0.0637 e. The standard InChI is InChI=1S/C16H27N3O/c1-13(2)12-19(8-9-20-3)16-6-7-17-15(10-16)11-18-14-4-5-14/h6-7,10,13-14,18H,4-5,8-9,11-12H2,1-3H3. The summed E-state index contributed by atoms with van der Waals surface area (Å²) in [5.41, 5.74) is 2.37. The fraction of sp³-hybridized carbons (Fsp3) is 0.688. The van der Waals surface area contributed by atoms with Crippen LogP contribution in [0, 0.1) is 5.92 Å². The average Bonchev–Trinajstić information content (AvgIpc) is 3.25. The number of nitrogens with zero attached hydrogens (tertiary/aromatic N) is 2. The van der Waals surface area contributed by atoms with E-state index in [1.54, 1.807) is 7.11 Å². The minimum absolute atomic E-state index is 0.632. The van der Waals surface area contributed by atoms with Gasteiger partial charge in [-0.15, -0.1) is 0 Å². The lowest BCUT2D eigenvalue weighted by Gasteiger charge is -2.26. The third kappa shape index (κ3) is 5.10. The summed E-state index contributed by atoms with van der Waals surface area (Å²) in [6.45, 7) is 8.09. The van der Waals surface area contributed by atoms with Crippen LogP contribution >= 0.6 is 0 Å². The molecule has 1 aliphatic carbocycles. The van der Waals surface area contributed by atoms with Gasteiger partial charge in [-0.1, -0.05) is 13.8 Å². The van der Waals surface area contributed by atoms with Crippen molar-refractivity contribution in [3.8, 4) is 0 Å². The molecule has 0 amide bonds. The SMILES string of the molecule is COCCN(CC(C)C)c1ccnc(CNC2CC2)c1. The molecule has 1 heterocycles. The summed E-state index contributed by atoms with van der Waals surface area (Å²) in [4.78, 5) is 6.85. The Morgan fingerprint density at radius 1 is 1.45 bits per heavy atom. The van der Waals surface area contributed by atoms with Gasteiger partial charge < -0.3 is 15.0 Å². The van der Waals surface area contributed by atoms with Gasteiger partial charge in [-0.2, -0.15) is 0 Å². The highest BCUT2D eigenvalue weighted by Gasteiger charge is 2.20. The number of rotatable bonds is 9. The van der Waals surface area contributed by atoms with E-state index in [1.807, 2.05) is 6.20 Å². The van der Waals surface area contributed by atoms with E-state index in [1.165, 1.54) is 18.5 Å². The maximum atomic E-state index is 5.22. The van der Waals surface area contributed by atoms with Crippen molar-refractivity contribution in [2.45, 2.75) is 39.3 Å². The van der Waals surface area contributed by atoms with Gasteiger partial charge in [0.25, 0.3) is 0 Å². The fourth-order valence-corrected chi connectivity index (χ4v) is 2.26. The zero-order chi connectivity index (χ0) is 14.4. The van der Waals surface area contributed by atoms with Crippen molar-refractivity contribution in [3.63, 3.8) is 0 Å². The molecular formula is C16H27N3O. The summed E-state index contributed by atoms with van der Waals surface area (Å²) in [5.74, 6) is 0.632. The fourth-order valence-electron chi connectivity index (χ4n) is 2.26. The molecule has 0 spiro atoms. The Kier molecular flexibility index (Phi) is 5.80. The summed E-state index contributed by atoms with van der Waals surface area (Å²) in [6, 6.07) is 5.02. The number of methoxy groups -OCH3 is 1. The Morgan fingerprint density at radius 3 is 2.90 bits per heavy atom. The summed E-state index contributed by atoms with van der Waals surface area (Å²) in [6.07, 6.45) is 4.54. The quantitative estimate of drug-likeness (QED) is 0.752. The van der Waals surface area contributed by atoms with Gasteiger partial charge in [0.05, 0.1) is 12.3 Å². The van der Waals surface area contributed by atoms with Crippen molar-refractivity contribution in [1.29, 1.82) is 0 Å². The normalized spacial score (nSPS) is 14.8. The molecule has 0 bridgehead atoms. The number of ether oxygens (including phenoxy) is 1. The zero-order valence-electron chi connectivity index (χ0n) is 12.9. The number of anilines is 1. The van der Waals surface area contributed by atoms with Crippen LogP contribution in [0.4, 0.5) is 5.69 Å². The lowest BCUT2D eigenvalue weighted by Crippen LogP contribution is -2.31. The van der Waals surface area contributed by atoms with Crippen LogP contribution in [0.1, 0.15) is 32.4 Å². The first-order valence-electron chi connectivity index (χ1n) is 7.61. The second-order valence-corrected chi connectivity index (χ2v) is 5.99. The molecule has 4 heteroatoms. The molecule has 1 saturated carbocycles. The van der Waals surface area contributed by atoms with E-state index in [-0.39, 0.29) is 0 Å². The van der Waals surface area contributed by atoms with Gasteiger partial charge in [0.15, 0.2) is 0 Å². The first kappa shape index (κ1) is 15.3. The molecule has 0 aliphatic heterocycles. The van der Waals surface area contributed by atoms with E-state index < -0.39 is 0 Å². The Bertz CT molecular complexity index is 404. The number of hydrogen-bond donors (Lipinski definition) is 1. The summed E-state index contributed by atoms with van der Waals surface area (Å²) in [7, 11) is 1.76. The first-order valence-corrected chi connectivity index (χ1v) is 7.61. The van der Waals surface area contributed by atoms with Gasteiger partial charge in [-0.3, -0.25) is 4.98 Å². The molecule has 0 radical (unpaired) electrons. The van der Waals surface area contributed by atoms with Gasteiger partial charge in [-0.25, -0.2) is 0 Å². The highest BCUT2D eigenvalue weighted by atomic mass is 16.5. The molecule has 0 unspecified atom stereocenters. The Balaban J connectivity index is 1.99. The first-order chi connectivity index (χ1) is 9.69. The second-order valence-electron chi connectivity index (χ2n) is 5.99. The molecule has 20 heavy (non-hydrogen) atoms. The van der Waals surface area contributed by atoms with Gasteiger partial charge in [0, 0.05) is 44.7 Å². The third-order valence-corrected chi connectivity index (χ3v) is 3.47. The van der Waals surface area contributed by atoms with Crippen molar-refractivity contribution in [2.75, 3.05) is 31.7 Å². The van der Waals surface area contributed by atoms with Crippen molar-refractivity contribution >= 4 is 5.69 Å². The largest absolute Gasteiger partial charge is 0.383 e. The molecule has 112 valence electrons. The van der Waals surface area contributed by atoms with Crippen molar-refractivity contribution in [3.05, 3.63) is 24.0 Å². The van der Waals surface area contributed by atoms with Gasteiger partial charge in [0.1, 0.15) is 0 Å². The Morgan fingerprint density at radius 2 is 2.25 bits per heavy atom. The van der Waals surface area contributed by atoms with Crippen LogP contribution < -0.4 is 10.2 Å². The Hall–Kier alpha value is -1.13. The lowest BCUT2D eigenvalue weighted by atomic mass is 10.2. The summed E-state index contributed by atoms with van der Waals surface area (Å²) < 4.78 is 5.22. The molecule has 4 nitrogen and oxygen atoms in total. The van der Waals surface area contributed by atoms with Gasteiger partial charge in [0.2, 0.25) is 0 Å². The molecule has 2 rings (SSSR count). The van der Waals surface area contributed by atoms with E-state index >= 15 is 0 Å². The monoisotopic (exact) mass is 277 g/mol. The molecule has 0 atom stereocenters. The molecular weight excluding hydrogens is 250 g/mol. The van der Waals surface area contributed by atoms with Crippen LogP contribution in [0.25, 0.3) is 0 Å². The Labute approximate surface area is 122 Å². The van der Waals surface area contributed by atoms with E-state index in [0.717, 1.165) is 38.0 Å². The molecule has 1 N–H and O–H groups in total. The van der Waals surface area contributed by atoms with Crippen molar-refractivity contribution in [2.24, 2.45) is 5.92 Å². The molecule has 0 saturated heterocycles. The second kappa shape index (κ2) is 7.60. The van der Waals surface area contributed by atoms with Crippen molar-refractivity contribution in [1.82, 2.24) is 10.3 Å². The molecule has 0 aromatic carbocycles. The van der Waals surface area contributed by atoms with Crippen LogP contribution in [0.2, 0.25) is 0 Å². The lowest BCUT2D eigenvalue weighted by molar-refractivity contribution is 0.204. The zero-order valence-corrected chi connectivity index (χ0v) is 12.9. The van der Waals surface area contributed by atoms with Gasteiger partial charge >= 0.3 is 0 Å². The summed E-state index contributed by atoms with van der Waals surface area (Å²) >= 11 is 0. The van der Waals surface area contributed by atoms with E-state index in [0.29, 0.717) is 5.92 Å². The highest BCUT2D eigenvalue weighted by Crippen LogP contribution is 2.20. The van der Waals surface area contributed by atoms with Crippen LogP contribution in [0.5, 0.6) is 0 Å². The molecule has 1 fully saturated rings. The van der Waals surface area contributed by atoms with E-state index in [9.17, 15) is 0 Å². The minimum Gasteiger partial charge on any atom is -0.383 e. The smallest absolute Gasteiger partial charge is 0.0637 e. The van der Waals surface area contributed by atoms with E-state index in [2.05, 4.69) is 41.2 Å². The van der Waals surface area contributed by atoms with Gasteiger partial charge in [-0.05, 0) is 30.9 Å². The van der Waals surface area contributed by atoms with Crippen LogP contribution in [0.3, 0.4) is 0 Å². The van der Waals surface area contributed by atoms with Crippen LogP contribution in [0.15, 0.2) is 18.3 Å². The van der Waals surface area contributed by atoms with E-state index in [4.69, 9.17) is 4.74 Å². The molecule has 1 aliphatic rings. The predicted octanol–water partition coefficient (Wildman–Crippen LogP) is 2.44. The van der Waals surface area contributed by atoms with Crippen LogP contribution in [-0.2, 0) is 11.3 Å². The number of hydrogen-bond acceptors (Lipinski definition) is 4.